The fraction of sp³-hybridized carbons (Fsp3) is 0.500. The average Bonchev–Trinajstić information content (AvgIpc) is 2.84. The number of hydrogen-bond acceptors (Lipinski definition) is 2. The molecule has 3 rings (SSSR count). The average molecular weight is 344 g/mol. The van der Waals surface area contributed by atoms with Crippen molar-refractivity contribution in [2.45, 2.75) is 18.9 Å². The van der Waals surface area contributed by atoms with E-state index in [1.807, 2.05) is 11.0 Å². The highest BCUT2D eigenvalue weighted by Crippen LogP contribution is 2.29. The molecule has 0 radical (unpaired) electrons. The van der Waals surface area contributed by atoms with E-state index >= 15 is 0 Å². The number of halogens is 2. The van der Waals surface area contributed by atoms with E-state index in [2.05, 4.69) is 21.2 Å². The van der Waals surface area contributed by atoms with Crippen molar-refractivity contribution in [1.29, 1.82) is 0 Å². The normalized spacial score (nSPS) is 26.3. The third-order valence-corrected chi connectivity index (χ3v) is 4.72. The van der Waals surface area contributed by atoms with Gasteiger partial charge in [0.2, 0.25) is 0 Å². The Kier molecular flexibility index (Phi) is 3.83. The Labute approximate surface area is 126 Å². The highest BCUT2D eigenvalue weighted by atomic mass is 79.9. The highest BCUT2D eigenvalue weighted by molar-refractivity contribution is 9.10. The van der Waals surface area contributed by atoms with Crippen molar-refractivity contribution in [1.82, 2.24) is 10.2 Å². The minimum Gasteiger partial charge on any atom is -0.334 e. The van der Waals surface area contributed by atoms with Gasteiger partial charge in [-0.1, -0.05) is 27.5 Å². The predicted octanol–water partition coefficient (Wildman–Crippen LogP) is 2.93. The van der Waals surface area contributed by atoms with Crippen molar-refractivity contribution < 1.29 is 4.79 Å². The van der Waals surface area contributed by atoms with Crippen LogP contribution >= 0.6 is 27.5 Å². The van der Waals surface area contributed by atoms with Crippen LogP contribution in [0.2, 0.25) is 5.02 Å². The van der Waals surface area contributed by atoms with Crippen LogP contribution in [0.5, 0.6) is 0 Å². The predicted molar refractivity (Wildman–Crippen MR) is 79.6 cm³/mol. The van der Waals surface area contributed by atoms with E-state index in [9.17, 15) is 4.79 Å². The van der Waals surface area contributed by atoms with E-state index in [1.54, 1.807) is 12.1 Å². The number of rotatable bonds is 1. The molecule has 2 saturated heterocycles. The standard InChI is InChI=1S/C14H16BrClN2O/c15-11-4-10(5-12(16)6-11)14(19)18-3-1-2-9-7-17-8-13(9)18/h4-6,9,13,17H,1-3,7-8H2. The van der Waals surface area contributed by atoms with Gasteiger partial charge in [0.25, 0.3) is 5.91 Å². The molecule has 0 aromatic heterocycles. The summed E-state index contributed by atoms with van der Waals surface area (Å²) >= 11 is 9.43. The van der Waals surface area contributed by atoms with E-state index in [0.29, 0.717) is 22.5 Å². The molecule has 1 N–H and O–H groups in total. The third kappa shape index (κ3) is 2.67. The molecular weight excluding hydrogens is 328 g/mol. The first-order valence-corrected chi connectivity index (χ1v) is 7.80. The van der Waals surface area contributed by atoms with Gasteiger partial charge in [-0.3, -0.25) is 4.79 Å². The van der Waals surface area contributed by atoms with Crippen molar-refractivity contribution >= 4 is 33.4 Å². The van der Waals surface area contributed by atoms with Crippen LogP contribution in [0.1, 0.15) is 23.2 Å². The molecule has 1 aromatic rings. The van der Waals surface area contributed by atoms with E-state index < -0.39 is 0 Å². The topological polar surface area (TPSA) is 32.3 Å². The first kappa shape index (κ1) is 13.4. The maximum Gasteiger partial charge on any atom is 0.254 e. The van der Waals surface area contributed by atoms with Crippen molar-refractivity contribution in [3.05, 3.63) is 33.3 Å². The molecule has 2 aliphatic rings. The summed E-state index contributed by atoms with van der Waals surface area (Å²) in [5, 5.41) is 3.99. The summed E-state index contributed by atoms with van der Waals surface area (Å²) in [6.07, 6.45) is 2.32. The van der Waals surface area contributed by atoms with Gasteiger partial charge in [-0.05, 0) is 37.0 Å². The molecule has 0 saturated carbocycles. The fourth-order valence-corrected chi connectivity index (χ4v) is 4.02. The third-order valence-electron chi connectivity index (χ3n) is 4.05. The fourth-order valence-electron chi connectivity index (χ4n) is 3.16. The Balaban J connectivity index is 1.86. The highest BCUT2D eigenvalue weighted by Gasteiger charge is 2.37. The first-order chi connectivity index (χ1) is 9.15. The van der Waals surface area contributed by atoms with E-state index in [4.69, 9.17) is 11.6 Å². The van der Waals surface area contributed by atoms with Crippen LogP contribution in [0.15, 0.2) is 22.7 Å². The summed E-state index contributed by atoms with van der Waals surface area (Å²) in [5.74, 6) is 0.710. The van der Waals surface area contributed by atoms with Gasteiger partial charge in [-0.15, -0.1) is 0 Å². The summed E-state index contributed by atoms with van der Waals surface area (Å²) in [7, 11) is 0. The molecule has 2 atom stereocenters. The molecule has 0 aliphatic carbocycles. The molecule has 0 bridgehead atoms. The maximum absolute atomic E-state index is 12.7. The van der Waals surface area contributed by atoms with Gasteiger partial charge in [0, 0.05) is 40.7 Å². The Morgan fingerprint density at radius 3 is 3.00 bits per heavy atom. The second kappa shape index (κ2) is 5.43. The SMILES string of the molecule is O=C(c1cc(Cl)cc(Br)c1)N1CCCC2CNCC21. The molecule has 102 valence electrons. The van der Waals surface area contributed by atoms with Crippen molar-refractivity contribution in [2.75, 3.05) is 19.6 Å². The molecule has 1 amide bonds. The Bertz CT molecular complexity index is 488. The summed E-state index contributed by atoms with van der Waals surface area (Å²) in [6, 6.07) is 5.74. The van der Waals surface area contributed by atoms with Gasteiger partial charge in [0.15, 0.2) is 0 Å². The number of nitrogens with one attached hydrogen (secondary N) is 1. The molecule has 2 aliphatic heterocycles. The Morgan fingerprint density at radius 1 is 1.37 bits per heavy atom. The van der Waals surface area contributed by atoms with Gasteiger partial charge < -0.3 is 10.2 Å². The van der Waals surface area contributed by atoms with Gasteiger partial charge in [0.1, 0.15) is 0 Å². The lowest BCUT2D eigenvalue weighted by molar-refractivity contribution is 0.0574. The molecule has 3 nitrogen and oxygen atoms in total. The van der Waals surface area contributed by atoms with Gasteiger partial charge >= 0.3 is 0 Å². The first-order valence-electron chi connectivity index (χ1n) is 6.63. The van der Waals surface area contributed by atoms with Crippen LogP contribution in [0, 0.1) is 5.92 Å². The van der Waals surface area contributed by atoms with E-state index in [1.165, 1.54) is 6.42 Å². The minimum absolute atomic E-state index is 0.0987. The smallest absolute Gasteiger partial charge is 0.254 e. The number of benzene rings is 1. The molecule has 0 spiro atoms. The number of carbonyl (C=O) groups excluding carboxylic acids is 1. The van der Waals surface area contributed by atoms with Crippen LogP contribution in [-0.2, 0) is 0 Å². The number of piperidine rings is 1. The largest absolute Gasteiger partial charge is 0.334 e. The van der Waals surface area contributed by atoms with Crippen LogP contribution in [-0.4, -0.2) is 36.5 Å². The Morgan fingerprint density at radius 2 is 2.21 bits per heavy atom. The number of amides is 1. The zero-order chi connectivity index (χ0) is 13.4. The van der Waals surface area contributed by atoms with Crippen molar-refractivity contribution in [3.63, 3.8) is 0 Å². The number of likely N-dealkylation sites (tertiary alicyclic amines) is 1. The van der Waals surface area contributed by atoms with Gasteiger partial charge in [0.05, 0.1) is 0 Å². The quantitative estimate of drug-likeness (QED) is 0.850. The Hall–Kier alpha value is -0.580. The molecule has 2 fully saturated rings. The zero-order valence-corrected chi connectivity index (χ0v) is 12.9. The zero-order valence-electron chi connectivity index (χ0n) is 10.5. The summed E-state index contributed by atoms with van der Waals surface area (Å²) in [5.41, 5.74) is 0.673. The van der Waals surface area contributed by atoms with Crippen LogP contribution in [0.3, 0.4) is 0 Å². The van der Waals surface area contributed by atoms with Crippen molar-refractivity contribution in [2.24, 2.45) is 5.92 Å². The van der Waals surface area contributed by atoms with Gasteiger partial charge in [-0.2, -0.15) is 0 Å². The summed E-state index contributed by atoms with van der Waals surface area (Å²) in [4.78, 5) is 14.7. The molecule has 5 heteroatoms. The van der Waals surface area contributed by atoms with Crippen LogP contribution in [0.25, 0.3) is 0 Å². The van der Waals surface area contributed by atoms with Crippen LogP contribution < -0.4 is 5.32 Å². The molecule has 1 aromatic carbocycles. The summed E-state index contributed by atoms with van der Waals surface area (Å²) < 4.78 is 0.849. The molecule has 2 unspecified atom stereocenters. The number of carbonyl (C=O) groups is 1. The number of hydrogen-bond donors (Lipinski definition) is 1. The molecular formula is C14H16BrClN2O. The lowest BCUT2D eigenvalue weighted by Crippen LogP contribution is -2.48. The lowest BCUT2D eigenvalue weighted by atomic mass is 9.91. The second-order valence-electron chi connectivity index (χ2n) is 5.28. The number of nitrogens with zero attached hydrogens (tertiary/aromatic N) is 1. The second-order valence-corrected chi connectivity index (χ2v) is 6.64. The number of fused-ring (bicyclic) bond motifs is 1. The van der Waals surface area contributed by atoms with E-state index in [-0.39, 0.29) is 5.91 Å². The molecule has 19 heavy (non-hydrogen) atoms. The van der Waals surface area contributed by atoms with Gasteiger partial charge in [-0.25, -0.2) is 0 Å². The van der Waals surface area contributed by atoms with E-state index in [0.717, 1.165) is 30.5 Å². The molecule has 2 heterocycles. The summed E-state index contributed by atoms with van der Waals surface area (Å²) in [6.45, 7) is 2.80. The lowest BCUT2D eigenvalue weighted by Gasteiger charge is -2.37. The van der Waals surface area contributed by atoms with Crippen LogP contribution in [0.4, 0.5) is 0 Å². The van der Waals surface area contributed by atoms with Crippen molar-refractivity contribution in [3.8, 4) is 0 Å². The maximum atomic E-state index is 12.7. The monoisotopic (exact) mass is 342 g/mol. The minimum atomic E-state index is 0.0987.